The molecule has 2 rings (SSSR count). The van der Waals surface area contributed by atoms with Gasteiger partial charge in [0.15, 0.2) is 0 Å². The lowest BCUT2D eigenvalue weighted by molar-refractivity contribution is -0.122. The lowest BCUT2D eigenvalue weighted by Gasteiger charge is -2.25. The number of anilines is 2. The quantitative estimate of drug-likeness (QED) is 0.824. The van der Waals surface area contributed by atoms with Gasteiger partial charge in [-0.3, -0.25) is 4.79 Å². The summed E-state index contributed by atoms with van der Waals surface area (Å²) in [5.74, 6) is 0.735. The van der Waals surface area contributed by atoms with Crippen molar-refractivity contribution < 1.29 is 4.79 Å². The van der Waals surface area contributed by atoms with E-state index in [9.17, 15) is 4.79 Å². The van der Waals surface area contributed by atoms with E-state index < -0.39 is 0 Å². The molecule has 3 N–H and O–H groups in total. The zero-order valence-corrected chi connectivity index (χ0v) is 10.4. The fourth-order valence-corrected chi connectivity index (χ4v) is 2.51. The molecular weight excluding hydrogens is 214 g/mol. The summed E-state index contributed by atoms with van der Waals surface area (Å²) in [4.78, 5) is 16.2. The molecule has 1 aromatic heterocycles. The highest BCUT2D eigenvalue weighted by atomic mass is 16.2. The highest BCUT2D eigenvalue weighted by molar-refractivity contribution is 5.92. The molecule has 1 atom stereocenters. The molecule has 4 nitrogen and oxygen atoms in total. The van der Waals surface area contributed by atoms with E-state index in [1.807, 2.05) is 0 Å². The summed E-state index contributed by atoms with van der Waals surface area (Å²) >= 11 is 0. The first-order valence-corrected chi connectivity index (χ1v) is 6.01. The van der Waals surface area contributed by atoms with Gasteiger partial charge >= 0.3 is 0 Å². The molecule has 1 saturated carbocycles. The van der Waals surface area contributed by atoms with Crippen LogP contribution in [0.2, 0.25) is 0 Å². The molecule has 1 fully saturated rings. The van der Waals surface area contributed by atoms with Crippen molar-refractivity contribution in [3.05, 3.63) is 18.3 Å². The van der Waals surface area contributed by atoms with Crippen molar-refractivity contribution in [1.82, 2.24) is 4.98 Å². The number of pyridine rings is 1. The molecule has 17 heavy (non-hydrogen) atoms. The molecule has 0 aromatic carbocycles. The van der Waals surface area contributed by atoms with Gasteiger partial charge in [-0.15, -0.1) is 0 Å². The predicted octanol–water partition coefficient (Wildman–Crippen LogP) is 2.43. The Balaban J connectivity index is 2.04. The predicted molar refractivity (Wildman–Crippen MR) is 68.4 cm³/mol. The summed E-state index contributed by atoms with van der Waals surface area (Å²) in [7, 11) is 0. The van der Waals surface area contributed by atoms with Crippen molar-refractivity contribution in [2.75, 3.05) is 11.1 Å². The van der Waals surface area contributed by atoms with Crippen LogP contribution in [-0.4, -0.2) is 10.9 Å². The fourth-order valence-electron chi connectivity index (χ4n) is 2.51. The number of amides is 1. The Hall–Kier alpha value is -1.58. The number of carbonyl (C=O) groups excluding carboxylic acids is 1. The minimum atomic E-state index is 0.0739. The number of hydrogen-bond acceptors (Lipinski definition) is 3. The van der Waals surface area contributed by atoms with Crippen LogP contribution >= 0.6 is 0 Å². The molecule has 0 saturated heterocycles. The Morgan fingerprint density at radius 2 is 2.29 bits per heavy atom. The van der Waals surface area contributed by atoms with Crippen molar-refractivity contribution >= 4 is 17.4 Å². The highest BCUT2D eigenvalue weighted by Crippen LogP contribution is 2.42. The number of aromatic nitrogens is 1. The van der Waals surface area contributed by atoms with Crippen molar-refractivity contribution in [1.29, 1.82) is 0 Å². The zero-order chi connectivity index (χ0) is 12.5. The van der Waals surface area contributed by atoms with Gasteiger partial charge in [-0.1, -0.05) is 20.3 Å². The van der Waals surface area contributed by atoms with Crippen LogP contribution < -0.4 is 11.1 Å². The molecule has 1 aromatic rings. The van der Waals surface area contributed by atoms with Gasteiger partial charge < -0.3 is 11.1 Å². The summed E-state index contributed by atoms with van der Waals surface area (Å²) < 4.78 is 0. The molecule has 4 heteroatoms. The van der Waals surface area contributed by atoms with Crippen LogP contribution in [0.5, 0.6) is 0 Å². The summed E-state index contributed by atoms with van der Waals surface area (Å²) in [6, 6.07) is 3.47. The van der Waals surface area contributed by atoms with Crippen molar-refractivity contribution in [2.45, 2.75) is 33.1 Å². The first-order chi connectivity index (χ1) is 7.99. The third-order valence-electron chi connectivity index (χ3n) is 3.61. The van der Waals surface area contributed by atoms with Crippen molar-refractivity contribution in [3.8, 4) is 0 Å². The molecule has 0 aliphatic heterocycles. The van der Waals surface area contributed by atoms with Crippen LogP contribution in [-0.2, 0) is 4.79 Å². The number of rotatable bonds is 2. The highest BCUT2D eigenvalue weighted by Gasteiger charge is 2.39. The maximum Gasteiger partial charge on any atom is 0.229 e. The zero-order valence-electron chi connectivity index (χ0n) is 10.4. The average Bonchev–Trinajstić information content (AvgIpc) is 2.61. The minimum absolute atomic E-state index is 0.0739. The summed E-state index contributed by atoms with van der Waals surface area (Å²) in [5.41, 5.74) is 6.24. The fraction of sp³-hybridized carbons (Fsp3) is 0.538. The van der Waals surface area contributed by atoms with Crippen LogP contribution in [0.4, 0.5) is 11.5 Å². The number of hydrogen-bond donors (Lipinski definition) is 2. The molecule has 0 bridgehead atoms. The number of nitrogens with zero attached hydrogens (tertiary/aromatic N) is 1. The standard InChI is InChI=1S/C13H19N3O/c1-13(2)7-3-4-10(13)12(17)16-11-6-5-9(14)8-15-11/h5-6,8,10H,3-4,7,14H2,1-2H3,(H,15,16,17). The van der Waals surface area contributed by atoms with Crippen LogP contribution in [0.1, 0.15) is 33.1 Å². The van der Waals surface area contributed by atoms with E-state index in [1.54, 1.807) is 18.3 Å². The smallest absolute Gasteiger partial charge is 0.229 e. The normalized spacial score (nSPS) is 22.4. The summed E-state index contributed by atoms with van der Waals surface area (Å²) in [6.07, 6.45) is 4.75. The van der Waals surface area contributed by atoms with Gasteiger partial charge in [0.05, 0.1) is 11.9 Å². The monoisotopic (exact) mass is 233 g/mol. The van der Waals surface area contributed by atoms with E-state index in [4.69, 9.17) is 5.73 Å². The van der Waals surface area contributed by atoms with Gasteiger partial charge in [0.1, 0.15) is 5.82 Å². The first kappa shape index (κ1) is 11.9. The van der Waals surface area contributed by atoms with Crippen molar-refractivity contribution in [2.24, 2.45) is 11.3 Å². The molecule has 1 unspecified atom stereocenters. The topological polar surface area (TPSA) is 68.0 Å². The Bertz CT molecular complexity index is 411. The Morgan fingerprint density at radius 1 is 1.53 bits per heavy atom. The van der Waals surface area contributed by atoms with E-state index in [0.29, 0.717) is 11.5 Å². The van der Waals surface area contributed by atoms with E-state index in [-0.39, 0.29) is 17.2 Å². The molecule has 0 spiro atoms. The van der Waals surface area contributed by atoms with Gasteiger partial charge in [-0.25, -0.2) is 4.98 Å². The Labute approximate surface area is 102 Å². The third-order valence-corrected chi connectivity index (χ3v) is 3.61. The van der Waals surface area contributed by atoms with E-state index in [1.165, 1.54) is 0 Å². The van der Waals surface area contributed by atoms with Gasteiger partial charge in [-0.2, -0.15) is 0 Å². The lowest BCUT2D eigenvalue weighted by Crippen LogP contribution is -2.31. The van der Waals surface area contributed by atoms with Crippen LogP contribution in [0, 0.1) is 11.3 Å². The summed E-state index contributed by atoms with van der Waals surface area (Å²) in [5, 5.41) is 2.86. The molecule has 92 valence electrons. The van der Waals surface area contributed by atoms with E-state index in [2.05, 4.69) is 24.1 Å². The Morgan fingerprint density at radius 3 is 2.82 bits per heavy atom. The minimum Gasteiger partial charge on any atom is -0.397 e. The van der Waals surface area contributed by atoms with Crippen LogP contribution in [0.3, 0.4) is 0 Å². The van der Waals surface area contributed by atoms with Gasteiger partial charge in [0.25, 0.3) is 0 Å². The van der Waals surface area contributed by atoms with E-state index in [0.717, 1.165) is 19.3 Å². The second-order valence-electron chi connectivity index (χ2n) is 5.40. The molecule has 0 radical (unpaired) electrons. The number of nitrogens with two attached hydrogens (primary N) is 1. The number of nitrogens with one attached hydrogen (secondary N) is 1. The van der Waals surface area contributed by atoms with Gasteiger partial charge in [0, 0.05) is 5.92 Å². The lowest BCUT2D eigenvalue weighted by atomic mass is 9.81. The number of carbonyl (C=O) groups is 1. The van der Waals surface area contributed by atoms with Crippen LogP contribution in [0.15, 0.2) is 18.3 Å². The first-order valence-electron chi connectivity index (χ1n) is 6.01. The molecule has 1 aliphatic rings. The second-order valence-corrected chi connectivity index (χ2v) is 5.40. The SMILES string of the molecule is CC1(C)CCCC1C(=O)Nc1ccc(N)cn1. The molecule has 1 heterocycles. The average molecular weight is 233 g/mol. The summed E-state index contributed by atoms with van der Waals surface area (Å²) in [6.45, 7) is 4.31. The third kappa shape index (κ3) is 2.57. The van der Waals surface area contributed by atoms with Gasteiger partial charge in [0.2, 0.25) is 5.91 Å². The largest absolute Gasteiger partial charge is 0.397 e. The van der Waals surface area contributed by atoms with Gasteiger partial charge in [-0.05, 0) is 30.4 Å². The van der Waals surface area contributed by atoms with Crippen molar-refractivity contribution in [3.63, 3.8) is 0 Å². The molecular formula is C13H19N3O. The molecule has 1 amide bonds. The molecule has 1 aliphatic carbocycles. The van der Waals surface area contributed by atoms with E-state index >= 15 is 0 Å². The Kier molecular flexibility index (Phi) is 3.05. The maximum absolute atomic E-state index is 12.1. The maximum atomic E-state index is 12.1. The number of nitrogen functional groups attached to an aromatic ring is 1. The van der Waals surface area contributed by atoms with Crippen LogP contribution in [0.25, 0.3) is 0 Å². The second kappa shape index (κ2) is 4.35.